The van der Waals surface area contributed by atoms with Crippen molar-refractivity contribution in [1.82, 2.24) is 4.90 Å². The summed E-state index contributed by atoms with van der Waals surface area (Å²) in [7, 11) is 2.01. The van der Waals surface area contributed by atoms with Crippen LogP contribution in [-0.2, 0) is 13.1 Å². The Kier molecular flexibility index (Phi) is 4.17. The molecule has 0 heterocycles. The summed E-state index contributed by atoms with van der Waals surface area (Å²) < 4.78 is 13.1. The van der Waals surface area contributed by atoms with Gasteiger partial charge in [-0.15, -0.1) is 0 Å². The lowest BCUT2D eigenvalue weighted by molar-refractivity contribution is 0.318. The Morgan fingerprint density at radius 1 is 1.05 bits per heavy atom. The van der Waals surface area contributed by atoms with Crippen LogP contribution >= 0.6 is 0 Å². The third-order valence-corrected chi connectivity index (χ3v) is 3.14. The van der Waals surface area contributed by atoms with Gasteiger partial charge >= 0.3 is 0 Å². The molecule has 0 unspecified atom stereocenters. The van der Waals surface area contributed by atoms with E-state index in [4.69, 9.17) is 5.73 Å². The number of halogens is 1. The fourth-order valence-corrected chi connectivity index (χ4v) is 2.10. The zero-order chi connectivity index (χ0) is 13.8. The topological polar surface area (TPSA) is 29.3 Å². The Hall–Kier alpha value is -1.87. The molecule has 0 aliphatic carbocycles. The van der Waals surface area contributed by atoms with Crippen LogP contribution in [0.15, 0.2) is 42.5 Å². The van der Waals surface area contributed by atoms with Crippen molar-refractivity contribution in [3.63, 3.8) is 0 Å². The molecule has 0 spiro atoms. The molecule has 0 aliphatic heterocycles. The van der Waals surface area contributed by atoms with Crippen molar-refractivity contribution < 1.29 is 4.39 Å². The first-order valence-corrected chi connectivity index (χ1v) is 6.32. The van der Waals surface area contributed by atoms with Gasteiger partial charge in [0.05, 0.1) is 0 Å². The van der Waals surface area contributed by atoms with Crippen molar-refractivity contribution in [1.29, 1.82) is 0 Å². The lowest BCUT2D eigenvalue weighted by Gasteiger charge is -2.17. The second kappa shape index (κ2) is 5.85. The van der Waals surface area contributed by atoms with Crippen molar-refractivity contribution in [3.05, 3.63) is 65.0 Å². The van der Waals surface area contributed by atoms with E-state index < -0.39 is 0 Å². The maximum absolute atomic E-state index is 13.1. The lowest BCUT2D eigenvalue weighted by atomic mass is 10.1. The summed E-state index contributed by atoms with van der Waals surface area (Å²) >= 11 is 0. The normalized spacial score (nSPS) is 10.9. The van der Waals surface area contributed by atoms with Crippen LogP contribution in [0.2, 0.25) is 0 Å². The Morgan fingerprint density at radius 2 is 1.74 bits per heavy atom. The molecule has 0 aromatic heterocycles. The quantitative estimate of drug-likeness (QED) is 0.852. The predicted molar refractivity (Wildman–Crippen MR) is 77.2 cm³/mol. The molecular formula is C16H19FN2. The van der Waals surface area contributed by atoms with E-state index in [1.54, 1.807) is 12.1 Å². The molecule has 0 atom stereocenters. The molecular weight excluding hydrogens is 239 g/mol. The van der Waals surface area contributed by atoms with Crippen molar-refractivity contribution in [2.75, 3.05) is 12.8 Å². The number of nitrogen functional groups attached to an aromatic ring is 1. The zero-order valence-corrected chi connectivity index (χ0v) is 11.4. The highest BCUT2D eigenvalue weighted by atomic mass is 19.1. The van der Waals surface area contributed by atoms with E-state index in [0.717, 1.165) is 23.4 Å². The van der Waals surface area contributed by atoms with E-state index in [0.29, 0.717) is 6.54 Å². The second-order valence-electron chi connectivity index (χ2n) is 4.99. The highest BCUT2D eigenvalue weighted by Gasteiger charge is 2.04. The number of benzene rings is 2. The Morgan fingerprint density at radius 3 is 2.37 bits per heavy atom. The number of aryl methyl sites for hydroxylation is 1. The Balaban J connectivity index is 2.01. The molecule has 2 aromatic carbocycles. The first kappa shape index (κ1) is 13.6. The van der Waals surface area contributed by atoms with E-state index in [1.807, 2.05) is 32.2 Å². The van der Waals surface area contributed by atoms with Crippen LogP contribution in [0.25, 0.3) is 0 Å². The summed E-state index contributed by atoms with van der Waals surface area (Å²) in [6, 6.07) is 12.8. The summed E-state index contributed by atoms with van der Waals surface area (Å²) in [6.45, 7) is 3.50. The van der Waals surface area contributed by atoms with Gasteiger partial charge in [-0.2, -0.15) is 0 Å². The van der Waals surface area contributed by atoms with Gasteiger partial charge in [0.25, 0.3) is 0 Å². The van der Waals surface area contributed by atoms with E-state index in [1.165, 1.54) is 11.6 Å². The lowest BCUT2D eigenvalue weighted by Crippen LogP contribution is -2.17. The highest BCUT2D eigenvalue weighted by molar-refractivity contribution is 5.48. The molecule has 19 heavy (non-hydrogen) atoms. The van der Waals surface area contributed by atoms with Gasteiger partial charge in [0.2, 0.25) is 0 Å². The molecule has 0 radical (unpaired) electrons. The average Bonchev–Trinajstić information content (AvgIpc) is 2.34. The largest absolute Gasteiger partial charge is 0.399 e. The van der Waals surface area contributed by atoms with Crippen LogP contribution < -0.4 is 5.73 Å². The van der Waals surface area contributed by atoms with E-state index in [-0.39, 0.29) is 5.82 Å². The van der Waals surface area contributed by atoms with Gasteiger partial charge in [-0.25, -0.2) is 4.39 Å². The van der Waals surface area contributed by atoms with Gasteiger partial charge < -0.3 is 5.73 Å². The van der Waals surface area contributed by atoms with Crippen LogP contribution in [0, 0.1) is 12.7 Å². The van der Waals surface area contributed by atoms with Crippen LogP contribution in [0.3, 0.4) is 0 Å². The van der Waals surface area contributed by atoms with Gasteiger partial charge in [0, 0.05) is 18.8 Å². The summed E-state index contributed by atoms with van der Waals surface area (Å²) in [4.78, 5) is 2.14. The minimum atomic E-state index is -0.189. The third kappa shape index (κ3) is 3.80. The van der Waals surface area contributed by atoms with Crippen LogP contribution in [-0.4, -0.2) is 11.9 Å². The van der Waals surface area contributed by atoms with Crippen LogP contribution in [0.5, 0.6) is 0 Å². The van der Waals surface area contributed by atoms with Crippen molar-refractivity contribution in [2.45, 2.75) is 20.0 Å². The standard InChI is InChI=1S/C16H19FN2/c1-12-6-7-14(9-16(12)18)11-19(2)10-13-4-3-5-15(17)8-13/h3-9H,10-11,18H2,1-2H3. The van der Waals surface area contributed by atoms with E-state index in [9.17, 15) is 4.39 Å². The SMILES string of the molecule is Cc1ccc(CN(C)Cc2cccc(F)c2)cc1N. The van der Waals surface area contributed by atoms with E-state index in [2.05, 4.69) is 11.0 Å². The van der Waals surface area contributed by atoms with Crippen molar-refractivity contribution in [3.8, 4) is 0 Å². The Bertz CT molecular complexity index is 566. The number of nitrogens with two attached hydrogens (primary N) is 1. The molecule has 0 aliphatic rings. The van der Waals surface area contributed by atoms with Gasteiger partial charge in [-0.05, 0) is 48.9 Å². The molecule has 2 aromatic rings. The molecule has 100 valence electrons. The van der Waals surface area contributed by atoms with Crippen LogP contribution in [0.1, 0.15) is 16.7 Å². The smallest absolute Gasteiger partial charge is 0.123 e. The fraction of sp³-hybridized carbons (Fsp3) is 0.250. The maximum Gasteiger partial charge on any atom is 0.123 e. The minimum absolute atomic E-state index is 0.189. The number of nitrogens with zero attached hydrogens (tertiary/aromatic N) is 1. The summed E-state index contributed by atoms with van der Waals surface area (Å²) in [6.07, 6.45) is 0. The third-order valence-electron chi connectivity index (χ3n) is 3.14. The molecule has 0 saturated heterocycles. The Labute approximate surface area is 113 Å². The molecule has 2 N–H and O–H groups in total. The first-order valence-electron chi connectivity index (χ1n) is 6.32. The highest BCUT2D eigenvalue weighted by Crippen LogP contribution is 2.15. The zero-order valence-electron chi connectivity index (χ0n) is 11.4. The fourth-order valence-electron chi connectivity index (χ4n) is 2.10. The van der Waals surface area contributed by atoms with Crippen molar-refractivity contribution in [2.24, 2.45) is 0 Å². The van der Waals surface area contributed by atoms with Gasteiger partial charge in [-0.1, -0.05) is 24.3 Å². The second-order valence-corrected chi connectivity index (χ2v) is 4.99. The first-order chi connectivity index (χ1) is 9.04. The molecule has 3 heteroatoms. The molecule has 2 rings (SSSR count). The van der Waals surface area contributed by atoms with Crippen molar-refractivity contribution >= 4 is 5.69 Å². The molecule has 2 nitrogen and oxygen atoms in total. The predicted octanol–water partition coefficient (Wildman–Crippen LogP) is 3.35. The molecule has 0 amide bonds. The van der Waals surface area contributed by atoms with Gasteiger partial charge in [-0.3, -0.25) is 4.90 Å². The minimum Gasteiger partial charge on any atom is -0.399 e. The maximum atomic E-state index is 13.1. The molecule has 0 bridgehead atoms. The number of anilines is 1. The summed E-state index contributed by atoms with van der Waals surface area (Å²) in [5, 5.41) is 0. The number of rotatable bonds is 4. The van der Waals surface area contributed by atoms with Gasteiger partial charge in [0.15, 0.2) is 0 Å². The van der Waals surface area contributed by atoms with Gasteiger partial charge in [0.1, 0.15) is 5.82 Å². The van der Waals surface area contributed by atoms with Crippen LogP contribution in [0.4, 0.5) is 10.1 Å². The average molecular weight is 258 g/mol. The number of hydrogen-bond acceptors (Lipinski definition) is 2. The summed E-state index contributed by atoms with van der Waals surface area (Å²) in [5.41, 5.74) is 9.95. The molecule has 0 saturated carbocycles. The number of hydrogen-bond donors (Lipinski definition) is 1. The molecule has 0 fully saturated rings. The monoisotopic (exact) mass is 258 g/mol. The van der Waals surface area contributed by atoms with E-state index >= 15 is 0 Å². The summed E-state index contributed by atoms with van der Waals surface area (Å²) in [5.74, 6) is -0.189.